The second kappa shape index (κ2) is 7.64. The molecule has 1 aromatic carbocycles. The number of benzene rings is 1. The van der Waals surface area contributed by atoms with Crippen molar-refractivity contribution < 1.29 is 9.59 Å². The summed E-state index contributed by atoms with van der Waals surface area (Å²) in [6, 6.07) is 12.2. The molecule has 2 heterocycles. The van der Waals surface area contributed by atoms with E-state index in [0.29, 0.717) is 17.8 Å². The lowest BCUT2D eigenvalue weighted by Crippen LogP contribution is -2.32. The van der Waals surface area contributed by atoms with Gasteiger partial charge in [-0.25, -0.2) is 9.48 Å². The van der Waals surface area contributed by atoms with E-state index in [0.717, 1.165) is 10.2 Å². The third-order valence-electron chi connectivity index (χ3n) is 3.80. The Labute approximate surface area is 149 Å². The van der Waals surface area contributed by atoms with Gasteiger partial charge in [0.05, 0.1) is 0 Å². The Kier molecular flexibility index (Phi) is 5.12. The van der Waals surface area contributed by atoms with Gasteiger partial charge in [-0.15, -0.1) is 5.10 Å². The average Bonchev–Trinajstić information content (AvgIpc) is 2.96. The summed E-state index contributed by atoms with van der Waals surface area (Å²) >= 11 is 0. The zero-order valence-electron chi connectivity index (χ0n) is 14.3. The molecule has 8 nitrogen and oxygen atoms in total. The van der Waals surface area contributed by atoms with E-state index < -0.39 is 0 Å². The summed E-state index contributed by atoms with van der Waals surface area (Å²) in [5.41, 5.74) is 1.45. The molecular weight excluding hydrogens is 334 g/mol. The van der Waals surface area contributed by atoms with E-state index in [-0.39, 0.29) is 30.6 Å². The Morgan fingerprint density at radius 1 is 1.12 bits per heavy atom. The number of carbonyl (C=O) groups excluding carboxylic acids is 2. The van der Waals surface area contributed by atoms with Crippen LogP contribution in [0.25, 0.3) is 5.65 Å². The van der Waals surface area contributed by atoms with Crippen molar-refractivity contribution >= 4 is 17.5 Å². The number of aromatic nitrogens is 3. The van der Waals surface area contributed by atoms with E-state index in [2.05, 4.69) is 15.7 Å². The molecular formula is C18H19N5O3. The molecule has 0 saturated carbocycles. The number of nitrogens with zero attached hydrogens (tertiary/aromatic N) is 3. The zero-order chi connectivity index (χ0) is 18.5. The van der Waals surface area contributed by atoms with E-state index in [9.17, 15) is 14.4 Å². The van der Waals surface area contributed by atoms with Gasteiger partial charge in [-0.2, -0.15) is 0 Å². The lowest BCUT2D eigenvalue weighted by Gasteiger charge is -2.07. The molecule has 3 rings (SSSR count). The topological polar surface area (TPSA) is 97.5 Å². The standard InChI is InChI=1S/C18H19N5O3/c1-2-19-17(25)14-7-5-6-13(10-14)11-20-16(24)12-23-18(26)22-9-4-3-8-15(22)21-23/h3-10H,2,11-12H2,1H3,(H,19,25)(H,20,24). The van der Waals surface area contributed by atoms with Gasteiger partial charge in [0.25, 0.3) is 5.91 Å². The fraction of sp³-hybridized carbons (Fsp3) is 0.222. The first-order chi connectivity index (χ1) is 12.6. The predicted molar refractivity (Wildman–Crippen MR) is 95.7 cm³/mol. The van der Waals surface area contributed by atoms with E-state index in [1.807, 2.05) is 13.0 Å². The van der Waals surface area contributed by atoms with Gasteiger partial charge in [0.15, 0.2) is 5.65 Å². The number of amides is 2. The van der Waals surface area contributed by atoms with Crippen molar-refractivity contribution in [3.8, 4) is 0 Å². The Morgan fingerprint density at radius 2 is 1.96 bits per heavy atom. The highest BCUT2D eigenvalue weighted by Gasteiger charge is 2.10. The molecule has 0 aliphatic carbocycles. The first kappa shape index (κ1) is 17.4. The molecule has 3 aromatic rings. The lowest BCUT2D eigenvalue weighted by molar-refractivity contribution is -0.122. The van der Waals surface area contributed by atoms with Crippen molar-refractivity contribution in [2.24, 2.45) is 0 Å². The summed E-state index contributed by atoms with van der Waals surface area (Å²) in [6.45, 7) is 2.49. The van der Waals surface area contributed by atoms with E-state index in [1.165, 1.54) is 4.40 Å². The molecule has 0 fully saturated rings. The molecule has 0 aliphatic rings. The summed E-state index contributed by atoms with van der Waals surface area (Å²) in [4.78, 5) is 36.1. The molecule has 2 aromatic heterocycles. The number of pyridine rings is 1. The van der Waals surface area contributed by atoms with E-state index >= 15 is 0 Å². The van der Waals surface area contributed by atoms with Crippen molar-refractivity contribution in [1.82, 2.24) is 24.8 Å². The number of fused-ring (bicyclic) bond motifs is 1. The molecule has 0 bridgehead atoms. The maximum Gasteiger partial charge on any atom is 0.350 e. The molecule has 8 heteroatoms. The Bertz CT molecular complexity index is 1010. The Morgan fingerprint density at radius 3 is 2.73 bits per heavy atom. The highest BCUT2D eigenvalue weighted by molar-refractivity contribution is 5.94. The van der Waals surface area contributed by atoms with Crippen LogP contribution in [0.5, 0.6) is 0 Å². The summed E-state index contributed by atoms with van der Waals surface area (Å²) in [5.74, 6) is -0.490. The maximum absolute atomic E-state index is 12.2. The first-order valence-corrected chi connectivity index (χ1v) is 8.26. The minimum Gasteiger partial charge on any atom is -0.352 e. The molecule has 0 unspecified atom stereocenters. The molecule has 0 aliphatic heterocycles. The van der Waals surface area contributed by atoms with Crippen molar-refractivity contribution in [3.63, 3.8) is 0 Å². The lowest BCUT2D eigenvalue weighted by atomic mass is 10.1. The predicted octanol–water partition coefficient (Wildman–Crippen LogP) is 0.562. The van der Waals surface area contributed by atoms with Gasteiger partial charge in [-0.1, -0.05) is 18.2 Å². The number of rotatable bonds is 6. The first-order valence-electron chi connectivity index (χ1n) is 8.26. The number of nitrogens with one attached hydrogen (secondary N) is 2. The van der Waals surface area contributed by atoms with Crippen LogP contribution >= 0.6 is 0 Å². The van der Waals surface area contributed by atoms with Crippen LogP contribution in [0.1, 0.15) is 22.8 Å². The second-order valence-corrected chi connectivity index (χ2v) is 5.71. The van der Waals surface area contributed by atoms with Crippen LogP contribution in [0.2, 0.25) is 0 Å². The molecule has 2 amide bonds. The van der Waals surface area contributed by atoms with Crippen LogP contribution in [0, 0.1) is 0 Å². The van der Waals surface area contributed by atoms with E-state index in [4.69, 9.17) is 0 Å². The molecule has 26 heavy (non-hydrogen) atoms. The fourth-order valence-corrected chi connectivity index (χ4v) is 2.55. The summed E-state index contributed by atoms with van der Waals surface area (Å²) in [6.07, 6.45) is 1.60. The Hall–Kier alpha value is -3.42. The molecule has 0 radical (unpaired) electrons. The number of carbonyl (C=O) groups is 2. The van der Waals surface area contributed by atoms with Crippen LogP contribution in [0.3, 0.4) is 0 Å². The van der Waals surface area contributed by atoms with Gasteiger partial charge in [0, 0.05) is 24.8 Å². The summed E-state index contributed by atoms with van der Waals surface area (Å²) in [7, 11) is 0. The summed E-state index contributed by atoms with van der Waals surface area (Å²) in [5, 5.41) is 9.59. The number of hydrogen-bond acceptors (Lipinski definition) is 4. The molecule has 0 spiro atoms. The smallest absolute Gasteiger partial charge is 0.350 e. The molecule has 0 saturated heterocycles. The maximum atomic E-state index is 12.2. The third kappa shape index (κ3) is 3.80. The number of hydrogen-bond donors (Lipinski definition) is 2. The third-order valence-corrected chi connectivity index (χ3v) is 3.80. The largest absolute Gasteiger partial charge is 0.352 e. The SMILES string of the molecule is CCNC(=O)c1cccc(CNC(=O)Cn2nc3ccccn3c2=O)c1. The van der Waals surface area contributed by atoms with Crippen LogP contribution < -0.4 is 16.3 Å². The minimum absolute atomic E-state index is 0.156. The van der Waals surface area contributed by atoms with Gasteiger partial charge in [-0.3, -0.25) is 14.0 Å². The Balaban J connectivity index is 1.64. The highest BCUT2D eigenvalue weighted by atomic mass is 16.2. The van der Waals surface area contributed by atoms with Gasteiger partial charge >= 0.3 is 5.69 Å². The van der Waals surface area contributed by atoms with Gasteiger partial charge in [0.2, 0.25) is 5.91 Å². The van der Waals surface area contributed by atoms with Crippen LogP contribution in [-0.2, 0) is 17.9 Å². The zero-order valence-corrected chi connectivity index (χ0v) is 14.3. The van der Waals surface area contributed by atoms with Gasteiger partial charge in [-0.05, 0) is 36.8 Å². The monoisotopic (exact) mass is 353 g/mol. The second-order valence-electron chi connectivity index (χ2n) is 5.71. The van der Waals surface area contributed by atoms with E-state index in [1.54, 1.807) is 42.6 Å². The van der Waals surface area contributed by atoms with Crippen LogP contribution in [0.4, 0.5) is 0 Å². The van der Waals surface area contributed by atoms with Crippen molar-refractivity contribution in [2.75, 3.05) is 6.54 Å². The highest BCUT2D eigenvalue weighted by Crippen LogP contribution is 2.05. The van der Waals surface area contributed by atoms with Crippen molar-refractivity contribution in [3.05, 3.63) is 70.3 Å². The normalized spacial score (nSPS) is 10.7. The minimum atomic E-state index is -0.367. The van der Waals surface area contributed by atoms with Gasteiger partial charge < -0.3 is 10.6 Å². The average molecular weight is 353 g/mol. The van der Waals surface area contributed by atoms with Crippen LogP contribution in [0.15, 0.2) is 53.5 Å². The molecule has 134 valence electrons. The summed E-state index contributed by atoms with van der Waals surface area (Å²) < 4.78 is 2.50. The fourth-order valence-electron chi connectivity index (χ4n) is 2.55. The molecule has 0 atom stereocenters. The quantitative estimate of drug-likeness (QED) is 0.677. The van der Waals surface area contributed by atoms with Gasteiger partial charge in [0.1, 0.15) is 6.54 Å². The van der Waals surface area contributed by atoms with Crippen LogP contribution in [-0.4, -0.2) is 32.5 Å². The van der Waals surface area contributed by atoms with Crippen molar-refractivity contribution in [1.29, 1.82) is 0 Å². The molecule has 2 N–H and O–H groups in total. The van der Waals surface area contributed by atoms with Crippen molar-refractivity contribution in [2.45, 2.75) is 20.0 Å².